The van der Waals surface area contributed by atoms with E-state index in [1.165, 1.54) is 56.9 Å². The number of hydroxylamine groups is 1. The van der Waals surface area contributed by atoms with Crippen molar-refractivity contribution in [2.24, 2.45) is 5.92 Å². The van der Waals surface area contributed by atoms with Crippen molar-refractivity contribution in [1.82, 2.24) is 0 Å². The Balaban J connectivity index is 1.71. The molecule has 0 aliphatic rings. The van der Waals surface area contributed by atoms with E-state index in [9.17, 15) is 9.59 Å². The molecule has 33 heavy (non-hydrogen) atoms. The minimum Gasteiger partial charge on any atom is -0.318 e. The highest BCUT2D eigenvalue weighted by atomic mass is 16.7. The summed E-state index contributed by atoms with van der Waals surface area (Å²) in [6.45, 7) is 6.64. The SMILES string of the molecule is CCON(C(=O)C(=O)Nc1ccc(CCCCCCCCCC(C)C)cc1)c1ccccc1. The van der Waals surface area contributed by atoms with Gasteiger partial charge in [-0.1, -0.05) is 89.1 Å². The van der Waals surface area contributed by atoms with Gasteiger partial charge in [0, 0.05) is 5.69 Å². The Hall–Kier alpha value is -2.66. The van der Waals surface area contributed by atoms with Crippen LogP contribution in [0.2, 0.25) is 0 Å². The zero-order valence-corrected chi connectivity index (χ0v) is 20.5. The standard InChI is InChI=1S/C28H40N2O3/c1-4-33-30(26-17-13-10-14-18-26)28(32)27(31)29-25-21-19-24(20-22-25)16-12-9-7-5-6-8-11-15-23(2)3/h10,13-14,17-23H,4-9,11-12,15-16H2,1-3H3,(H,29,31). The van der Waals surface area contributed by atoms with E-state index in [2.05, 4.69) is 19.2 Å². The first kappa shape index (κ1) is 26.6. The molecular formula is C28H40N2O3. The summed E-state index contributed by atoms with van der Waals surface area (Å²) in [6, 6.07) is 16.6. The number of amides is 2. The number of rotatable bonds is 14. The van der Waals surface area contributed by atoms with Crippen LogP contribution in [-0.4, -0.2) is 18.4 Å². The van der Waals surface area contributed by atoms with Crippen molar-refractivity contribution in [3.05, 3.63) is 60.2 Å². The summed E-state index contributed by atoms with van der Waals surface area (Å²) in [7, 11) is 0. The van der Waals surface area contributed by atoms with E-state index in [1.807, 2.05) is 30.3 Å². The second-order valence-corrected chi connectivity index (χ2v) is 8.91. The molecule has 2 aromatic carbocycles. The van der Waals surface area contributed by atoms with Crippen LogP contribution in [0.4, 0.5) is 11.4 Å². The molecule has 0 aliphatic heterocycles. The Kier molecular flexibility index (Phi) is 12.3. The molecule has 0 saturated heterocycles. The van der Waals surface area contributed by atoms with Gasteiger partial charge in [-0.3, -0.25) is 14.4 Å². The predicted octanol–water partition coefficient (Wildman–Crippen LogP) is 6.93. The van der Waals surface area contributed by atoms with Crippen LogP contribution in [0.25, 0.3) is 0 Å². The Labute approximate surface area is 199 Å². The molecule has 0 aromatic heterocycles. The van der Waals surface area contributed by atoms with Gasteiger partial charge in [0.1, 0.15) is 0 Å². The second kappa shape index (κ2) is 15.2. The van der Waals surface area contributed by atoms with E-state index in [1.54, 1.807) is 31.2 Å². The number of unbranched alkanes of at least 4 members (excludes halogenated alkanes) is 6. The fourth-order valence-electron chi connectivity index (χ4n) is 3.74. The Morgan fingerprint density at radius 2 is 1.45 bits per heavy atom. The van der Waals surface area contributed by atoms with Gasteiger partial charge in [0.2, 0.25) is 0 Å². The first-order chi connectivity index (χ1) is 16.0. The van der Waals surface area contributed by atoms with Crippen LogP contribution in [0.15, 0.2) is 54.6 Å². The lowest BCUT2D eigenvalue weighted by atomic mass is 10.0. The number of para-hydroxylation sites is 1. The van der Waals surface area contributed by atoms with Gasteiger partial charge in [0.25, 0.3) is 0 Å². The number of hydrogen-bond donors (Lipinski definition) is 1. The molecule has 180 valence electrons. The molecule has 5 heteroatoms. The molecule has 5 nitrogen and oxygen atoms in total. The minimum atomic E-state index is -0.753. The molecule has 0 radical (unpaired) electrons. The number of carbonyl (C=O) groups is 2. The largest absolute Gasteiger partial charge is 0.340 e. The summed E-state index contributed by atoms with van der Waals surface area (Å²) in [6.07, 6.45) is 11.5. The summed E-state index contributed by atoms with van der Waals surface area (Å²) >= 11 is 0. The highest BCUT2D eigenvalue weighted by Crippen LogP contribution is 2.17. The molecular weight excluding hydrogens is 412 g/mol. The van der Waals surface area contributed by atoms with Crippen molar-refractivity contribution in [1.29, 1.82) is 0 Å². The van der Waals surface area contributed by atoms with Gasteiger partial charge in [-0.15, -0.1) is 0 Å². The van der Waals surface area contributed by atoms with E-state index < -0.39 is 11.8 Å². The van der Waals surface area contributed by atoms with Crippen LogP contribution in [-0.2, 0) is 20.8 Å². The van der Waals surface area contributed by atoms with Crippen molar-refractivity contribution >= 4 is 23.2 Å². The third-order valence-corrected chi connectivity index (χ3v) is 5.59. The van der Waals surface area contributed by atoms with E-state index in [-0.39, 0.29) is 6.61 Å². The summed E-state index contributed by atoms with van der Waals surface area (Å²) in [5.74, 6) is -0.658. The molecule has 2 rings (SSSR count). The van der Waals surface area contributed by atoms with Crippen molar-refractivity contribution in [3.63, 3.8) is 0 Å². The highest BCUT2D eigenvalue weighted by molar-refractivity contribution is 6.43. The van der Waals surface area contributed by atoms with Gasteiger partial charge in [-0.25, -0.2) is 0 Å². The fourth-order valence-corrected chi connectivity index (χ4v) is 3.74. The molecule has 1 N–H and O–H groups in total. The van der Waals surface area contributed by atoms with Crippen LogP contribution in [0, 0.1) is 5.92 Å². The van der Waals surface area contributed by atoms with Crippen LogP contribution >= 0.6 is 0 Å². The monoisotopic (exact) mass is 452 g/mol. The van der Waals surface area contributed by atoms with Crippen LogP contribution < -0.4 is 10.4 Å². The fraction of sp³-hybridized carbons (Fsp3) is 0.500. The quantitative estimate of drug-likeness (QED) is 0.192. The van der Waals surface area contributed by atoms with Crippen LogP contribution in [0.5, 0.6) is 0 Å². The molecule has 0 unspecified atom stereocenters. The summed E-state index contributed by atoms with van der Waals surface area (Å²) < 4.78 is 0. The van der Waals surface area contributed by atoms with E-state index in [0.717, 1.165) is 17.4 Å². The normalized spacial score (nSPS) is 10.9. The summed E-state index contributed by atoms with van der Waals surface area (Å²) in [4.78, 5) is 30.5. The average Bonchev–Trinajstić information content (AvgIpc) is 2.82. The molecule has 2 amide bonds. The number of benzene rings is 2. The molecule has 0 bridgehead atoms. The van der Waals surface area contributed by atoms with Crippen LogP contribution in [0.1, 0.15) is 77.7 Å². The topological polar surface area (TPSA) is 58.6 Å². The van der Waals surface area contributed by atoms with Crippen molar-refractivity contribution in [2.75, 3.05) is 17.0 Å². The van der Waals surface area contributed by atoms with Crippen molar-refractivity contribution < 1.29 is 14.4 Å². The van der Waals surface area contributed by atoms with Gasteiger partial charge in [-0.05, 0) is 55.5 Å². The van der Waals surface area contributed by atoms with E-state index >= 15 is 0 Å². The first-order valence-electron chi connectivity index (χ1n) is 12.4. The van der Waals surface area contributed by atoms with Crippen molar-refractivity contribution in [3.8, 4) is 0 Å². The third-order valence-electron chi connectivity index (χ3n) is 5.59. The van der Waals surface area contributed by atoms with Crippen molar-refractivity contribution in [2.45, 2.75) is 78.6 Å². The third kappa shape index (κ3) is 10.2. The smallest absolute Gasteiger partial charge is 0.318 e. The van der Waals surface area contributed by atoms with Gasteiger partial charge < -0.3 is 5.32 Å². The van der Waals surface area contributed by atoms with Gasteiger partial charge in [0.15, 0.2) is 0 Å². The molecule has 0 saturated carbocycles. The lowest BCUT2D eigenvalue weighted by molar-refractivity contribution is -0.139. The van der Waals surface area contributed by atoms with Crippen LogP contribution in [0.3, 0.4) is 0 Å². The zero-order valence-electron chi connectivity index (χ0n) is 20.5. The lowest BCUT2D eigenvalue weighted by Gasteiger charge is -2.20. The Morgan fingerprint density at radius 3 is 2.06 bits per heavy atom. The average molecular weight is 453 g/mol. The minimum absolute atomic E-state index is 0.279. The summed E-state index contributed by atoms with van der Waals surface area (Å²) in [5.41, 5.74) is 2.37. The number of nitrogens with one attached hydrogen (secondary N) is 1. The number of carbonyl (C=O) groups excluding carboxylic acids is 2. The molecule has 0 atom stereocenters. The number of anilines is 2. The maximum atomic E-state index is 12.6. The van der Waals surface area contributed by atoms with E-state index in [4.69, 9.17) is 4.84 Å². The van der Waals surface area contributed by atoms with Gasteiger partial charge in [-0.2, -0.15) is 5.06 Å². The van der Waals surface area contributed by atoms with Gasteiger partial charge >= 0.3 is 11.8 Å². The number of hydrogen-bond acceptors (Lipinski definition) is 3. The molecule has 0 spiro atoms. The first-order valence-corrected chi connectivity index (χ1v) is 12.4. The maximum absolute atomic E-state index is 12.6. The molecule has 0 aliphatic carbocycles. The molecule has 0 heterocycles. The number of nitrogens with zero attached hydrogens (tertiary/aromatic N) is 1. The summed E-state index contributed by atoms with van der Waals surface area (Å²) in [5, 5.41) is 3.71. The second-order valence-electron chi connectivity index (χ2n) is 8.91. The predicted molar refractivity (Wildman–Crippen MR) is 136 cm³/mol. The van der Waals surface area contributed by atoms with E-state index in [0.29, 0.717) is 11.4 Å². The highest BCUT2D eigenvalue weighted by Gasteiger charge is 2.24. The molecule has 2 aromatic rings. The lowest BCUT2D eigenvalue weighted by Crippen LogP contribution is -2.39. The molecule has 0 fully saturated rings. The number of aryl methyl sites for hydroxylation is 1. The maximum Gasteiger partial charge on any atom is 0.340 e. The Bertz CT molecular complexity index is 819. The Morgan fingerprint density at radius 1 is 0.848 bits per heavy atom. The van der Waals surface area contributed by atoms with Gasteiger partial charge in [0.05, 0.1) is 12.3 Å². The zero-order chi connectivity index (χ0) is 23.9.